The smallest absolute Gasteiger partial charge is 0.263 e. The van der Waals surface area contributed by atoms with Crippen LogP contribution >= 0.6 is 11.3 Å². The van der Waals surface area contributed by atoms with E-state index in [2.05, 4.69) is 4.98 Å². The molecule has 6 nitrogen and oxygen atoms in total. The van der Waals surface area contributed by atoms with Gasteiger partial charge >= 0.3 is 0 Å². The molecule has 0 atom stereocenters. The molecule has 4 rings (SSSR count). The van der Waals surface area contributed by atoms with Crippen LogP contribution in [0.25, 0.3) is 21.3 Å². The normalized spacial score (nSPS) is 14.8. The minimum Gasteiger partial charge on any atom is -0.497 e. The van der Waals surface area contributed by atoms with E-state index in [1.54, 1.807) is 14.0 Å². The van der Waals surface area contributed by atoms with Gasteiger partial charge in [-0.2, -0.15) is 0 Å². The number of carbonyl (C=O) groups is 1. The summed E-state index contributed by atoms with van der Waals surface area (Å²) in [6, 6.07) is 7.63. The number of likely N-dealkylation sites (tertiary alicyclic amines) is 1. The van der Waals surface area contributed by atoms with Crippen LogP contribution in [0.3, 0.4) is 0 Å². The van der Waals surface area contributed by atoms with Gasteiger partial charge in [0.25, 0.3) is 5.56 Å². The fraction of sp³-hybridized carbons (Fsp3) is 0.409. The lowest BCUT2D eigenvalue weighted by atomic mass is 10.1. The fourth-order valence-electron chi connectivity index (χ4n) is 3.85. The number of rotatable bonds is 4. The first-order valence-corrected chi connectivity index (χ1v) is 10.9. The number of hydrogen-bond acceptors (Lipinski definition) is 5. The zero-order chi connectivity index (χ0) is 20.4. The summed E-state index contributed by atoms with van der Waals surface area (Å²) in [5, 5.41) is 2.54. The highest BCUT2D eigenvalue weighted by Gasteiger charge is 2.20. The number of hydrogen-bond donors (Lipinski definition) is 0. The molecule has 1 saturated heterocycles. The molecule has 3 heterocycles. The molecule has 0 bridgehead atoms. The number of aryl methyl sites for hydroxylation is 1. The maximum absolute atomic E-state index is 13.3. The van der Waals surface area contributed by atoms with Crippen molar-refractivity contribution in [1.82, 2.24) is 14.5 Å². The predicted molar refractivity (Wildman–Crippen MR) is 116 cm³/mol. The summed E-state index contributed by atoms with van der Waals surface area (Å²) in [6.45, 7) is 3.39. The van der Waals surface area contributed by atoms with Gasteiger partial charge < -0.3 is 9.64 Å². The Bertz CT molecular complexity index is 1080. The fourth-order valence-corrected chi connectivity index (χ4v) is 4.83. The second kappa shape index (κ2) is 8.37. The molecule has 3 aromatic rings. The summed E-state index contributed by atoms with van der Waals surface area (Å²) in [7, 11) is 1.63. The molecule has 1 aliphatic heterocycles. The minimum absolute atomic E-state index is 0.000484. The third-order valence-electron chi connectivity index (χ3n) is 5.54. The molecule has 0 spiro atoms. The first-order valence-electron chi connectivity index (χ1n) is 9.99. The third-order valence-corrected chi connectivity index (χ3v) is 6.41. The number of methoxy groups -OCH3 is 1. The van der Waals surface area contributed by atoms with Crippen molar-refractivity contribution in [2.24, 2.45) is 0 Å². The van der Waals surface area contributed by atoms with Crippen LogP contribution in [0.2, 0.25) is 0 Å². The van der Waals surface area contributed by atoms with Crippen molar-refractivity contribution in [3.05, 3.63) is 45.8 Å². The molecule has 152 valence electrons. The quantitative estimate of drug-likeness (QED) is 0.654. The molecular formula is C22H25N3O3S. The summed E-state index contributed by atoms with van der Waals surface area (Å²) in [4.78, 5) is 33.4. The monoisotopic (exact) mass is 411 g/mol. The maximum atomic E-state index is 13.3. The van der Waals surface area contributed by atoms with Gasteiger partial charge in [0.2, 0.25) is 5.91 Å². The van der Waals surface area contributed by atoms with Gasteiger partial charge in [-0.05, 0) is 37.5 Å². The van der Waals surface area contributed by atoms with Crippen LogP contribution in [0.5, 0.6) is 5.75 Å². The van der Waals surface area contributed by atoms with Gasteiger partial charge in [-0.25, -0.2) is 4.98 Å². The van der Waals surface area contributed by atoms with Gasteiger partial charge in [-0.3, -0.25) is 14.2 Å². The molecule has 0 aliphatic carbocycles. The van der Waals surface area contributed by atoms with Crippen LogP contribution in [0.4, 0.5) is 0 Å². The van der Waals surface area contributed by atoms with E-state index >= 15 is 0 Å². The van der Waals surface area contributed by atoms with E-state index in [1.165, 1.54) is 15.9 Å². The topological polar surface area (TPSA) is 64.4 Å². The molecular weight excluding hydrogens is 386 g/mol. The van der Waals surface area contributed by atoms with Gasteiger partial charge in [-0.1, -0.05) is 25.0 Å². The van der Waals surface area contributed by atoms with Gasteiger partial charge in [0.15, 0.2) is 0 Å². The molecule has 1 aliphatic rings. The zero-order valence-electron chi connectivity index (χ0n) is 16.8. The molecule has 7 heteroatoms. The molecule has 1 aromatic carbocycles. The van der Waals surface area contributed by atoms with Crippen molar-refractivity contribution in [3.63, 3.8) is 0 Å². The number of thiophene rings is 1. The van der Waals surface area contributed by atoms with E-state index in [9.17, 15) is 9.59 Å². The number of carbonyl (C=O) groups excluding carboxylic acids is 1. The molecule has 0 unspecified atom stereocenters. The van der Waals surface area contributed by atoms with Gasteiger partial charge in [0, 0.05) is 24.0 Å². The Morgan fingerprint density at radius 3 is 2.48 bits per heavy atom. The highest BCUT2D eigenvalue weighted by molar-refractivity contribution is 7.17. The van der Waals surface area contributed by atoms with E-state index in [4.69, 9.17) is 4.74 Å². The van der Waals surface area contributed by atoms with Crippen molar-refractivity contribution >= 4 is 27.5 Å². The van der Waals surface area contributed by atoms with Crippen LogP contribution in [-0.2, 0) is 11.3 Å². The predicted octanol–water partition coefficient (Wildman–Crippen LogP) is 3.84. The van der Waals surface area contributed by atoms with Crippen molar-refractivity contribution in [2.75, 3.05) is 20.2 Å². The Hall–Kier alpha value is -2.67. The SMILES string of the molecule is COc1ccc(-c2csc3nc(C)n(CC(=O)N4CCCCCC4)c(=O)c23)cc1. The molecule has 1 amide bonds. The van der Waals surface area contributed by atoms with E-state index < -0.39 is 0 Å². The third kappa shape index (κ3) is 3.92. The number of benzene rings is 1. The Kier molecular flexibility index (Phi) is 5.67. The summed E-state index contributed by atoms with van der Waals surface area (Å²) >= 11 is 1.45. The first kappa shape index (κ1) is 19.6. The molecule has 0 N–H and O–H groups in total. The molecule has 29 heavy (non-hydrogen) atoms. The number of fused-ring (bicyclic) bond motifs is 1. The minimum atomic E-state index is -0.150. The summed E-state index contributed by atoms with van der Waals surface area (Å²) in [6.07, 6.45) is 4.39. The average Bonchev–Trinajstić information content (AvgIpc) is 2.96. The Balaban J connectivity index is 1.71. The number of amides is 1. The first-order chi connectivity index (χ1) is 14.1. The second-order valence-electron chi connectivity index (χ2n) is 7.40. The molecule has 0 saturated carbocycles. The van der Waals surface area contributed by atoms with E-state index in [0.717, 1.165) is 55.6 Å². The number of aromatic nitrogens is 2. The van der Waals surface area contributed by atoms with E-state index in [1.807, 2.05) is 34.5 Å². The average molecular weight is 412 g/mol. The van der Waals surface area contributed by atoms with Crippen LogP contribution in [0.15, 0.2) is 34.4 Å². The number of nitrogens with zero attached hydrogens (tertiary/aromatic N) is 3. The van der Waals surface area contributed by atoms with E-state index in [-0.39, 0.29) is 18.0 Å². The standard InChI is InChI=1S/C22H25N3O3S/c1-15-23-21-20(18(14-29-21)16-7-9-17(28-2)10-8-16)22(27)25(15)13-19(26)24-11-5-3-4-6-12-24/h7-10,14H,3-6,11-13H2,1-2H3. The number of ether oxygens (including phenoxy) is 1. The Morgan fingerprint density at radius 1 is 1.14 bits per heavy atom. The van der Waals surface area contributed by atoms with Crippen molar-refractivity contribution in [3.8, 4) is 16.9 Å². The van der Waals surface area contributed by atoms with Crippen molar-refractivity contribution in [2.45, 2.75) is 39.2 Å². The second-order valence-corrected chi connectivity index (χ2v) is 8.26. The maximum Gasteiger partial charge on any atom is 0.263 e. The van der Waals surface area contributed by atoms with Crippen LogP contribution in [-0.4, -0.2) is 40.6 Å². The highest BCUT2D eigenvalue weighted by Crippen LogP contribution is 2.32. The summed E-state index contributed by atoms with van der Waals surface area (Å²) < 4.78 is 6.75. The van der Waals surface area contributed by atoms with Crippen LogP contribution < -0.4 is 10.3 Å². The lowest BCUT2D eigenvalue weighted by Crippen LogP contribution is -2.38. The van der Waals surface area contributed by atoms with Crippen molar-refractivity contribution in [1.29, 1.82) is 0 Å². The van der Waals surface area contributed by atoms with E-state index in [0.29, 0.717) is 16.0 Å². The van der Waals surface area contributed by atoms with Gasteiger partial charge in [0.1, 0.15) is 22.9 Å². The Morgan fingerprint density at radius 2 is 1.83 bits per heavy atom. The van der Waals surface area contributed by atoms with Crippen LogP contribution in [0.1, 0.15) is 31.5 Å². The largest absolute Gasteiger partial charge is 0.497 e. The molecule has 1 fully saturated rings. The lowest BCUT2D eigenvalue weighted by Gasteiger charge is -2.21. The van der Waals surface area contributed by atoms with Gasteiger partial charge in [0.05, 0.1) is 12.5 Å². The Labute approximate surface area is 173 Å². The van der Waals surface area contributed by atoms with Crippen molar-refractivity contribution < 1.29 is 9.53 Å². The highest BCUT2D eigenvalue weighted by atomic mass is 32.1. The molecule has 0 radical (unpaired) electrons. The molecule has 2 aromatic heterocycles. The summed E-state index contributed by atoms with van der Waals surface area (Å²) in [5.74, 6) is 1.34. The summed E-state index contributed by atoms with van der Waals surface area (Å²) in [5.41, 5.74) is 1.63. The van der Waals surface area contributed by atoms with Crippen LogP contribution in [0, 0.1) is 6.92 Å². The zero-order valence-corrected chi connectivity index (χ0v) is 17.6. The van der Waals surface area contributed by atoms with Gasteiger partial charge in [-0.15, -0.1) is 11.3 Å². The lowest BCUT2D eigenvalue weighted by molar-refractivity contribution is -0.131.